The molecule has 0 spiro atoms. The van der Waals surface area contributed by atoms with Crippen LogP contribution >= 0.6 is 0 Å². The van der Waals surface area contributed by atoms with Crippen molar-refractivity contribution in [1.82, 2.24) is 15.0 Å². The normalized spacial score (nSPS) is 19.2. The van der Waals surface area contributed by atoms with Gasteiger partial charge < -0.3 is 5.73 Å². The lowest BCUT2D eigenvalue weighted by Gasteiger charge is -2.07. The smallest absolute Gasteiger partial charge is 0.150 e. The van der Waals surface area contributed by atoms with Gasteiger partial charge in [0.25, 0.3) is 0 Å². The molecule has 1 aliphatic rings. The fourth-order valence-corrected chi connectivity index (χ4v) is 2.34. The maximum absolute atomic E-state index is 11.0. The second-order valence-corrected chi connectivity index (χ2v) is 7.02. The van der Waals surface area contributed by atoms with Gasteiger partial charge in [-0.2, -0.15) is 5.26 Å². The zero-order valence-corrected chi connectivity index (χ0v) is 10.9. The van der Waals surface area contributed by atoms with E-state index in [1.54, 1.807) is 6.20 Å². The van der Waals surface area contributed by atoms with Crippen LogP contribution in [0.1, 0.15) is 31.0 Å². The molecule has 2 N–H and O–H groups in total. The van der Waals surface area contributed by atoms with Crippen molar-refractivity contribution in [1.29, 1.82) is 5.26 Å². The van der Waals surface area contributed by atoms with Crippen molar-refractivity contribution < 1.29 is 8.42 Å². The van der Waals surface area contributed by atoms with Crippen molar-refractivity contribution in [2.45, 2.75) is 30.8 Å². The highest BCUT2D eigenvalue weighted by Gasteiger charge is 2.46. The van der Waals surface area contributed by atoms with Crippen LogP contribution in [-0.2, 0) is 15.4 Å². The average molecular weight is 269 g/mol. The average Bonchev–Trinajstić information content (AvgIpc) is 2.95. The molecule has 1 fully saturated rings. The third kappa shape index (κ3) is 2.68. The van der Waals surface area contributed by atoms with Crippen LogP contribution in [0.2, 0.25) is 0 Å². The Morgan fingerprint density at radius 3 is 2.83 bits per heavy atom. The fraction of sp³-hybridized carbons (Fsp3) is 0.700. The molecule has 98 valence electrons. The van der Waals surface area contributed by atoms with Crippen LogP contribution in [0.15, 0.2) is 6.20 Å². The van der Waals surface area contributed by atoms with Crippen LogP contribution in [0.25, 0.3) is 0 Å². The predicted octanol–water partition coefficient (Wildman–Crippen LogP) is -0.275. The summed E-state index contributed by atoms with van der Waals surface area (Å²) in [5.41, 5.74) is 5.83. The Kier molecular flexibility index (Phi) is 3.12. The Labute approximate surface area is 105 Å². The van der Waals surface area contributed by atoms with E-state index in [1.807, 2.05) is 0 Å². The number of rotatable bonds is 5. The predicted molar refractivity (Wildman–Crippen MR) is 64.1 cm³/mol. The maximum atomic E-state index is 11.0. The largest absolute Gasteiger partial charge is 0.323 e. The van der Waals surface area contributed by atoms with Crippen molar-refractivity contribution in [3.05, 3.63) is 11.9 Å². The number of nitriles is 1. The molecule has 0 saturated heterocycles. The summed E-state index contributed by atoms with van der Waals surface area (Å²) in [6.07, 6.45) is 4.65. The van der Waals surface area contributed by atoms with Gasteiger partial charge in [-0.05, 0) is 19.3 Å². The molecule has 1 aromatic rings. The van der Waals surface area contributed by atoms with Crippen molar-refractivity contribution in [3.8, 4) is 6.07 Å². The summed E-state index contributed by atoms with van der Waals surface area (Å²) in [5, 5.41) is 16.8. The van der Waals surface area contributed by atoms with Crippen LogP contribution in [0.4, 0.5) is 0 Å². The van der Waals surface area contributed by atoms with Crippen LogP contribution in [0.5, 0.6) is 0 Å². The van der Waals surface area contributed by atoms with Gasteiger partial charge >= 0.3 is 0 Å². The molecule has 0 amide bonds. The fourth-order valence-electron chi connectivity index (χ4n) is 1.66. The van der Waals surface area contributed by atoms with Gasteiger partial charge in [0.2, 0.25) is 0 Å². The highest BCUT2D eigenvalue weighted by atomic mass is 32.2. The minimum atomic E-state index is -3.03. The van der Waals surface area contributed by atoms with Gasteiger partial charge in [0.05, 0.1) is 29.8 Å². The molecule has 0 bridgehead atoms. The quantitative estimate of drug-likeness (QED) is 0.786. The summed E-state index contributed by atoms with van der Waals surface area (Å²) in [7, 11) is -3.03. The molecule has 1 aromatic heterocycles. The molecule has 2 rings (SSSR count). The summed E-state index contributed by atoms with van der Waals surface area (Å²) in [5.74, 6) is 0.0183. The molecule has 1 saturated carbocycles. The van der Waals surface area contributed by atoms with E-state index in [0.717, 1.165) is 12.8 Å². The molecule has 18 heavy (non-hydrogen) atoms. The topological polar surface area (TPSA) is 115 Å². The number of nitrogens with two attached hydrogens (primary N) is 1. The van der Waals surface area contributed by atoms with Crippen molar-refractivity contribution in [2.24, 2.45) is 5.73 Å². The van der Waals surface area contributed by atoms with Gasteiger partial charge in [-0.3, -0.25) is 0 Å². The van der Waals surface area contributed by atoms with Crippen LogP contribution < -0.4 is 5.73 Å². The van der Waals surface area contributed by atoms with Gasteiger partial charge in [0.1, 0.15) is 9.84 Å². The molecule has 0 aromatic carbocycles. The minimum absolute atomic E-state index is 0.0183. The first-order valence-corrected chi connectivity index (χ1v) is 7.70. The summed E-state index contributed by atoms with van der Waals surface area (Å²) in [6.45, 7) is 0. The Morgan fingerprint density at radius 2 is 2.33 bits per heavy atom. The lowest BCUT2D eigenvalue weighted by Crippen LogP contribution is -2.17. The second kappa shape index (κ2) is 4.33. The Hall–Kier alpha value is -1.46. The van der Waals surface area contributed by atoms with E-state index in [9.17, 15) is 8.42 Å². The molecular formula is C10H15N5O2S. The van der Waals surface area contributed by atoms with Crippen LogP contribution in [0, 0.1) is 11.3 Å². The zero-order valence-electron chi connectivity index (χ0n) is 10.1. The molecule has 1 atom stereocenters. The lowest BCUT2D eigenvalue weighted by atomic mass is 10.2. The molecule has 1 aliphatic carbocycles. The van der Waals surface area contributed by atoms with Crippen molar-refractivity contribution >= 4 is 9.84 Å². The van der Waals surface area contributed by atoms with Crippen molar-refractivity contribution in [2.75, 3.05) is 12.0 Å². The van der Waals surface area contributed by atoms with E-state index >= 15 is 0 Å². The first-order valence-electron chi connectivity index (χ1n) is 5.64. The standard InChI is InChI=1S/C10H15N5O2S/c1-18(16,17)5-2-8(12)9-6-15(14-13-9)10(7-11)3-4-10/h6,8H,2-5,12H2,1H3/t8-/m0/s1. The molecule has 8 heteroatoms. The zero-order chi connectivity index (χ0) is 13.4. The Balaban J connectivity index is 2.04. The Bertz CT molecular complexity index is 582. The van der Waals surface area contributed by atoms with Crippen molar-refractivity contribution in [3.63, 3.8) is 0 Å². The second-order valence-electron chi connectivity index (χ2n) is 4.76. The van der Waals surface area contributed by atoms with Crippen LogP contribution in [0.3, 0.4) is 0 Å². The summed E-state index contributed by atoms with van der Waals surface area (Å²) in [6, 6.07) is 1.73. The number of sulfone groups is 1. The van der Waals surface area contributed by atoms with Gasteiger partial charge in [-0.15, -0.1) is 5.10 Å². The van der Waals surface area contributed by atoms with Gasteiger partial charge in [-0.25, -0.2) is 13.1 Å². The number of nitrogens with zero attached hydrogens (tertiary/aromatic N) is 4. The number of hydrogen-bond donors (Lipinski definition) is 1. The van der Waals surface area contributed by atoms with E-state index in [4.69, 9.17) is 11.0 Å². The number of aromatic nitrogens is 3. The van der Waals surface area contributed by atoms with E-state index in [1.165, 1.54) is 10.9 Å². The van der Waals surface area contributed by atoms with E-state index in [0.29, 0.717) is 12.1 Å². The summed E-state index contributed by atoms with van der Waals surface area (Å²) >= 11 is 0. The maximum Gasteiger partial charge on any atom is 0.150 e. The van der Waals surface area contributed by atoms with Gasteiger partial charge in [0.15, 0.2) is 5.54 Å². The van der Waals surface area contributed by atoms with E-state index in [-0.39, 0.29) is 5.75 Å². The number of hydrogen-bond acceptors (Lipinski definition) is 6. The molecule has 0 radical (unpaired) electrons. The third-order valence-corrected chi connectivity index (χ3v) is 4.04. The van der Waals surface area contributed by atoms with Gasteiger partial charge in [0, 0.05) is 6.26 Å². The molecule has 0 aliphatic heterocycles. The first-order chi connectivity index (χ1) is 8.36. The van der Waals surface area contributed by atoms with Crippen LogP contribution in [-0.4, -0.2) is 35.4 Å². The summed E-state index contributed by atoms with van der Waals surface area (Å²) < 4.78 is 23.6. The Morgan fingerprint density at radius 1 is 1.67 bits per heavy atom. The molecule has 7 nitrogen and oxygen atoms in total. The monoisotopic (exact) mass is 269 g/mol. The minimum Gasteiger partial charge on any atom is -0.323 e. The van der Waals surface area contributed by atoms with Gasteiger partial charge in [-0.1, -0.05) is 5.21 Å². The lowest BCUT2D eigenvalue weighted by molar-refractivity contribution is 0.516. The third-order valence-electron chi connectivity index (χ3n) is 3.06. The highest BCUT2D eigenvalue weighted by molar-refractivity contribution is 7.90. The van der Waals surface area contributed by atoms with E-state index in [2.05, 4.69) is 16.4 Å². The highest BCUT2D eigenvalue weighted by Crippen LogP contribution is 2.42. The SMILES string of the molecule is CS(=O)(=O)CC[C@H](N)c1cn(C2(C#N)CC2)nn1. The van der Waals surface area contributed by atoms with E-state index < -0.39 is 21.4 Å². The molecule has 1 heterocycles. The molecular weight excluding hydrogens is 254 g/mol. The summed E-state index contributed by atoms with van der Waals surface area (Å²) in [4.78, 5) is 0. The molecule has 0 unspecified atom stereocenters. The first kappa shape index (κ1) is 13.0.